The molecule has 9 heterocycles. The zero-order valence-corrected chi connectivity index (χ0v) is 68.2. The predicted octanol–water partition coefficient (Wildman–Crippen LogP) is 19.6. The Morgan fingerprint density at radius 2 is 0.908 bits per heavy atom. The Morgan fingerprint density at radius 3 is 1.43 bits per heavy atom. The maximum atomic E-state index is 13.7. The number of hydrogen-bond acceptors (Lipinski definition) is 25. The number of anilines is 2. The van der Waals surface area contributed by atoms with Crippen LogP contribution < -0.4 is 10.6 Å². The van der Waals surface area contributed by atoms with Crippen molar-refractivity contribution in [2.75, 3.05) is 37.8 Å². The first-order valence-corrected chi connectivity index (χ1v) is 39.1. The van der Waals surface area contributed by atoms with Crippen LogP contribution in [0.3, 0.4) is 0 Å². The van der Waals surface area contributed by atoms with Crippen LogP contribution in [0.15, 0.2) is 260 Å². The molecule has 4 N–H and O–H groups in total. The summed E-state index contributed by atoms with van der Waals surface area (Å²) >= 11 is 0. The number of amides is 1. The monoisotopic (exact) mass is 1640 g/mol. The summed E-state index contributed by atoms with van der Waals surface area (Å²) in [5.74, 6) is 0.0661. The molecule has 17 rings (SSSR count). The van der Waals surface area contributed by atoms with E-state index in [4.69, 9.17) is 38.1 Å². The molecule has 0 saturated carbocycles. The van der Waals surface area contributed by atoms with Gasteiger partial charge in [0, 0.05) is 107 Å². The molecule has 616 valence electrons. The van der Waals surface area contributed by atoms with E-state index in [0.29, 0.717) is 106 Å². The number of halogens is 2. The predicted molar refractivity (Wildman–Crippen MR) is 466 cm³/mol. The molecule has 0 aliphatic carbocycles. The number of alkyl halides is 2. The number of hydrogen-bond donors (Lipinski definition) is 1. The van der Waals surface area contributed by atoms with E-state index in [1.54, 1.807) is 48.7 Å². The molecule has 1 aliphatic rings. The molecule has 0 fully saturated rings. The van der Waals surface area contributed by atoms with Crippen molar-refractivity contribution in [2.45, 2.75) is 90.4 Å². The summed E-state index contributed by atoms with van der Waals surface area (Å²) in [5, 5.41) is 35.4. The fraction of sp³-hybridized carbons (Fsp3) is 0.189. The second kappa shape index (κ2) is 36.7. The third-order valence-corrected chi connectivity index (χ3v) is 20.2. The highest BCUT2D eigenvalue weighted by Gasteiger charge is 2.29. The standard InChI is InChI=1S/C26H31N5O4S.C22H15N5O.C21H16F2N4O.C21H19N5O.H2O.5H2/c1-16(2)36(33)20-9-7-18(8-10-20)21-15-27-17(3)22(28-21)24-30-29-23(34-24)19-11-13-31(14-12-19)25(32)35-26(4,5)6;23-20-19(22-27-26-21(28-22)15-8-2-1-3-9-15)25-18(13-24-20)17-12-6-10-14-7-4-5-11-16(14)17;1-13-18(20-27-26-19(28-20)14-7-4-3-5-8-14)25-17(12-24-13)15-9-6-10-16(11-15)21(2,22)23;1-14-19(21-25-24-20(27-21)15-9-5-4-6-10-15)23-17(13-22-14)16-11-7-8-12-18(16)26(2)3;;;;;;/h7-11,15-16H,12-14H2,1-6H3;1-13H,(H2,23,24);3-12H,1-2H3;4-13H,1-3H3;1H2;5*1H. The molecule has 30 heteroatoms. The van der Waals surface area contributed by atoms with Crippen LogP contribution in [-0.2, 0) is 21.5 Å². The maximum absolute atomic E-state index is 13.7. The lowest BCUT2D eigenvalue weighted by Gasteiger charge is -2.28. The highest BCUT2D eigenvalue weighted by Crippen LogP contribution is 2.37. The lowest BCUT2D eigenvalue weighted by atomic mass is 10.0. The second-order valence-electron chi connectivity index (χ2n) is 29.0. The number of benzene rings is 8. The molecular formula is C90H93F2N19O8S. The number of aromatic nitrogens is 16. The van der Waals surface area contributed by atoms with E-state index in [9.17, 15) is 17.8 Å². The van der Waals surface area contributed by atoms with Crippen molar-refractivity contribution in [3.05, 3.63) is 266 Å². The van der Waals surface area contributed by atoms with Crippen LogP contribution in [0.2, 0.25) is 0 Å². The number of para-hydroxylation sites is 1. The first kappa shape index (κ1) is 83.4. The van der Waals surface area contributed by atoms with Crippen molar-refractivity contribution in [1.82, 2.24) is 85.6 Å². The average Bonchev–Trinajstić information content (AvgIpc) is 1.74. The van der Waals surface area contributed by atoms with E-state index in [1.165, 1.54) is 12.1 Å². The van der Waals surface area contributed by atoms with E-state index in [1.807, 2.05) is 226 Å². The lowest BCUT2D eigenvalue weighted by Crippen LogP contribution is -2.39. The SMILES string of the molecule is Cc1ncc(-c2ccc(S(=O)C(C)C)cc2)nc1-c1nnc(C2=CCN(C(=O)OC(C)(C)C)CC2)o1.Cc1ncc(-c2cccc(C(C)(F)F)c2)nc1-c1nnc(-c2ccccc2)o1.Cc1ncc(-c2ccccc2N(C)C)nc1-c1nnc(-c2ccccc2)o1.Nc1ncc(-c2cccc3ccccc23)nc1-c1nnc(-c2ccccc2)o1.O.[HH].[HH].[HH].[HH].[HH]. The van der Waals surface area contributed by atoms with Crippen molar-refractivity contribution < 1.29 is 52.8 Å². The van der Waals surface area contributed by atoms with Crippen molar-refractivity contribution in [1.29, 1.82) is 0 Å². The van der Waals surface area contributed by atoms with Gasteiger partial charge in [0.25, 0.3) is 29.5 Å². The average molecular weight is 1640 g/mol. The van der Waals surface area contributed by atoms with Crippen molar-refractivity contribution >= 4 is 44.7 Å². The Balaban J connectivity index is 0.000000204. The van der Waals surface area contributed by atoms with E-state index in [2.05, 4.69) is 99.9 Å². The molecule has 0 spiro atoms. The Labute approximate surface area is 699 Å². The molecular weight excluding hydrogens is 1550 g/mol. The number of aryl methyl sites for hydroxylation is 3. The van der Waals surface area contributed by atoms with Crippen LogP contribution in [0.4, 0.5) is 25.1 Å². The Kier molecular flexibility index (Phi) is 25.5. The Morgan fingerprint density at radius 1 is 0.492 bits per heavy atom. The van der Waals surface area contributed by atoms with Gasteiger partial charge in [-0.25, -0.2) is 38.5 Å². The molecule has 1 atom stereocenters. The minimum absolute atomic E-state index is 0. The number of nitrogens with two attached hydrogens (primary N) is 1. The molecule has 1 amide bonds. The molecule has 0 saturated heterocycles. The minimum Gasteiger partial charge on any atom is -0.444 e. The fourth-order valence-electron chi connectivity index (χ4n) is 12.4. The molecule has 1 aliphatic heterocycles. The van der Waals surface area contributed by atoms with Gasteiger partial charge in [0.2, 0.25) is 23.6 Å². The summed E-state index contributed by atoms with van der Waals surface area (Å²) in [7, 11) is 2.96. The third-order valence-electron chi connectivity index (χ3n) is 18.6. The van der Waals surface area contributed by atoms with Crippen LogP contribution >= 0.6 is 0 Å². The summed E-state index contributed by atoms with van der Waals surface area (Å²) in [6, 6.07) is 64.5. The fourth-order valence-corrected chi connectivity index (χ4v) is 13.4. The summed E-state index contributed by atoms with van der Waals surface area (Å²) in [5.41, 5.74) is 19.7. The van der Waals surface area contributed by atoms with Gasteiger partial charge in [-0.15, -0.1) is 40.8 Å². The van der Waals surface area contributed by atoms with E-state index >= 15 is 0 Å². The number of nitrogens with zero attached hydrogens (tertiary/aromatic N) is 18. The number of carbonyl (C=O) groups excluding carboxylic acids is 1. The molecule has 8 aromatic carbocycles. The summed E-state index contributed by atoms with van der Waals surface area (Å²) < 4.78 is 68.5. The van der Waals surface area contributed by atoms with Crippen LogP contribution in [0, 0.1) is 20.8 Å². The normalized spacial score (nSPS) is 12.2. The van der Waals surface area contributed by atoms with Gasteiger partial charge in [-0.05, 0) is 119 Å². The summed E-state index contributed by atoms with van der Waals surface area (Å²) in [6.07, 6.45) is 8.82. The highest BCUT2D eigenvalue weighted by atomic mass is 32.2. The quantitative estimate of drug-likeness (QED) is 0.0938. The van der Waals surface area contributed by atoms with Gasteiger partial charge in [-0.2, -0.15) is 0 Å². The van der Waals surface area contributed by atoms with Gasteiger partial charge in [0.1, 0.15) is 22.7 Å². The van der Waals surface area contributed by atoms with Gasteiger partial charge in [-0.1, -0.05) is 166 Å². The minimum atomic E-state index is -2.94. The number of carbonyl (C=O) groups is 1. The van der Waals surface area contributed by atoms with Gasteiger partial charge in [0.05, 0.1) is 75.4 Å². The number of rotatable bonds is 16. The number of nitrogen functional groups attached to an aromatic ring is 1. The van der Waals surface area contributed by atoms with E-state index in [0.717, 1.165) is 78.6 Å². The number of fused-ring (bicyclic) bond motifs is 1. The number of ether oxygens (including phenoxy) is 1. The first-order chi connectivity index (χ1) is 57.4. The van der Waals surface area contributed by atoms with E-state index < -0.39 is 22.3 Å². The van der Waals surface area contributed by atoms with Crippen molar-refractivity contribution in [3.8, 4) is 126 Å². The topological polar surface area (TPSA) is 366 Å². The molecule has 0 bridgehead atoms. The van der Waals surface area contributed by atoms with Crippen LogP contribution in [0.25, 0.3) is 142 Å². The largest absolute Gasteiger partial charge is 0.444 e. The van der Waals surface area contributed by atoms with Crippen LogP contribution in [0.1, 0.15) is 83.6 Å². The summed E-state index contributed by atoms with van der Waals surface area (Å²) in [4.78, 5) is 53.1. The van der Waals surface area contributed by atoms with Gasteiger partial charge in [-0.3, -0.25) is 19.2 Å². The van der Waals surface area contributed by atoms with Crippen molar-refractivity contribution in [2.24, 2.45) is 0 Å². The molecule has 8 aromatic heterocycles. The van der Waals surface area contributed by atoms with Crippen molar-refractivity contribution in [3.63, 3.8) is 0 Å². The van der Waals surface area contributed by atoms with Crippen LogP contribution in [-0.4, -0.2) is 139 Å². The zero-order valence-electron chi connectivity index (χ0n) is 67.4. The molecule has 120 heavy (non-hydrogen) atoms. The second-order valence-corrected chi connectivity index (χ2v) is 31.0. The van der Waals surface area contributed by atoms with Gasteiger partial charge < -0.3 is 43.4 Å². The molecule has 1 unspecified atom stereocenters. The molecule has 0 radical (unpaired) electrons. The maximum Gasteiger partial charge on any atom is 0.410 e. The summed E-state index contributed by atoms with van der Waals surface area (Å²) in [6.45, 7) is 16.7. The van der Waals surface area contributed by atoms with Gasteiger partial charge >= 0.3 is 6.09 Å². The lowest BCUT2D eigenvalue weighted by molar-refractivity contribution is 0.0174. The smallest absolute Gasteiger partial charge is 0.410 e. The zero-order chi connectivity index (χ0) is 83.5. The van der Waals surface area contributed by atoms with E-state index in [-0.39, 0.29) is 53.0 Å². The van der Waals surface area contributed by atoms with Gasteiger partial charge in [0.15, 0.2) is 11.5 Å². The Bertz CT molecular complexity index is 6340. The third kappa shape index (κ3) is 19.8. The molecule has 27 nitrogen and oxygen atoms in total. The first-order valence-electron chi connectivity index (χ1n) is 37.9. The highest BCUT2D eigenvalue weighted by molar-refractivity contribution is 7.85. The molecule has 16 aromatic rings. The van der Waals surface area contributed by atoms with Crippen LogP contribution in [0.5, 0.6) is 0 Å². The Hall–Kier alpha value is -14.5.